The second-order valence-electron chi connectivity index (χ2n) is 8.94. The topological polar surface area (TPSA) is 107 Å². The molecule has 2 aromatic carbocycles. The molecule has 1 atom stereocenters. The fourth-order valence-corrected chi connectivity index (χ4v) is 4.13. The number of piperazine rings is 1. The number of hydrogen-bond donors (Lipinski definition) is 3. The molecule has 0 radical (unpaired) electrons. The van der Waals surface area contributed by atoms with Crippen LogP contribution in [0.4, 0.5) is 10.5 Å². The molecule has 4 amide bonds. The van der Waals surface area contributed by atoms with Gasteiger partial charge in [-0.15, -0.1) is 0 Å². The monoisotopic (exact) mass is 477 g/mol. The number of para-hydroxylation sites is 1. The Bertz CT molecular complexity index is 1160. The van der Waals surface area contributed by atoms with Crippen LogP contribution in [0.2, 0.25) is 0 Å². The van der Waals surface area contributed by atoms with Gasteiger partial charge in [-0.05, 0) is 42.3 Å². The Kier molecular flexibility index (Phi) is 7.24. The minimum atomic E-state index is -0.699. The minimum Gasteiger partial charge on any atom is -0.497 e. The van der Waals surface area contributed by atoms with Crippen molar-refractivity contribution in [3.05, 3.63) is 60.3 Å². The average Bonchev–Trinajstić information content (AvgIpc) is 3.31. The molecular formula is C26H31N5O4. The number of rotatable bonds is 6. The van der Waals surface area contributed by atoms with Crippen LogP contribution < -0.4 is 15.4 Å². The zero-order valence-corrected chi connectivity index (χ0v) is 20.2. The molecule has 3 N–H and O–H groups in total. The summed E-state index contributed by atoms with van der Waals surface area (Å²) in [6, 6.07) is 15.6. The Morgan fingerprint density at radius 1 is 0.943 bits per heavy atom. The van der Waals surface area contributed by atoms with Gasteiger partial charge in [0.15, 0.2) is 0 Å². The van der Waals surface area contributed by atoms with Gasteiger partial charge in [-0.25, -0.2) is 4.79 Å². The van der Waals surface area contributed by atoms with Crippen molar-refractivity contribution < 1.29 is 19.1 Å². The number of amides is 4. The number of urea groups is 1. The molecule has 0 spiro atoms. The highest BCUT2D eigenvalue weighted by Gasteiger charge is 2.30. The van der Waals surface area contributed by atoms with Crippen LogP contribution >= 0.6 is 0 Å². The van der Waals surface area contributed by atoms with E-state index in [2.05, 4.69) is 15.6 Å². The van der Waals surface area contributed by atoms with E-state index in [0.717, 1.165) is 10.9 Å². The van der Waals surface area contributed by atoms with Gasteiger partial charge in [0.2, 0.25) is 5.91 Å². The summed E-state index contributed by atoms with van der Waals surface area (Å²) in [5, 5.41) is 6.70. The number of methoxy groups -OCH3 is 1. The third-order valence-electron chi connectivity index (χ3n) is 6.20. The maximum atomic E-state index is 12.9. The fourth-order valence-electron chi connectivity index (χ4n) is 4.13. The molecule has 184 valence electrons. The van der Waals surface area contributed by atoms with E-state index in [9.17, 15) is 14.4 Å². The second kappa shape index (κ2) is 10.5. The van der Waals surface area contributed by atoms with Gasteiger partial charge in [0.1, 0.15) is 17.5 Å². The van der Waals surface area contributed by atoms with Gasteiger partial charge >= 0.3 is 6.03 Å². The lowest BCUT2D eigenvalue weighted by Crippen LogP contribution is -2.57. The van der Waals surface area contributed by atoms with Gasteiger partial charge in [0.25, 0.3) is 5.91 Å². The molecule has 9 nitrogen and oxygen atoms in total. The summed E-state index contributed by atoms with van der Waals surface area (Å²) < 4.78 is 5.14. The number of ether oxygens (including phenoxy) is 1. The van der Waals surface area contributed by atoms with Crippen molar-refractivity contribution in [3.63, 3.8) is 0 Å². The first-order chi connectivity index (χ1) is 16.9. The van der Waals surface area contributed by atoms with E-state index in [1.807, 2.05) is 44.2 Å². The van der Waals surface area contributed by atoms with Crippen molar-refractivity contribution in [1.29, 1.82) is 0 Å². The smallest absolute Gasteiger partial charge is 0.318 e. The molecule has 35 heavy (non-hydrogen) atoms. The summed E-state index contributed by atoms with van der Waals surface area (Å²) in [5.41, 5.74) is 2.08. The molecule has 0 aliphatic carbocycles. The highest BCUT2D eigenvalue weighted by molar-refractivity contribution is 5.98. The van der Waals surface area contributed by atoms with Crippen molar-refractivity contribution in [2.24, 2.45) is 5.92 Å². The first-order valence-corrected chi connectivity index (χ1v) is 11.7. The van der Waals surface area contributed by atoms with Crippen LogP contribution in [-0.4, -0.2) is 72.0 Å². The highest BCUT2D eigenvalue weighted by Crippen LogP contribution is 2.18. The standard InChI is InChI=1S/C26H31N5O4/c1-17(2)23(24(32)27-19-8-10-20(35-3)11-9-19)29-26(34)31-14-12-30(13-15-31)25(33)22-16-18-6-4-5-7-21(18)28-22/h4-11,16-17,23,28H,12-15H2,1-3H3,(H,27,32)(H,29,34)/t23-/m0/s1. The number of carbonyl (C=O) groups is 3. The molecule has 9 heteroatoms. The van der Waals surface area contributed by atoms with Gasteiger partial charge in [0.05, 0.1) is 7.11 Å². The predicted molar refractivity (Wildman–Crippen MR) is 135 cm³/mol. The Morgan fingerprint density at radius 3 is 2.23 bits per heavy atom. The second-order valence-corrected chi connectivity index (χ2v) is 8.94. The lowest BCUT2D eigenvalue weighted by atomic mass is 10.0. The molecular weight excluding hydrogens is 446 g/mol. The molecule has 1 aliphatic heterocycles. The number of H-pyrrole nitrogens is 1. The molecule has 1 saturated heterocycles. The number of fused-ring (bicyclic) bond motifs is 1. The zero-order valence-electron chi connectivity index (χ0n) is 20.2. The third-order valence-corrected chi connectivity index (χ3v) is 6.20. The maximum Gasteiger partial charge on any atom is 0.318 e. The maximum absolute atomic E-state index is 12.9. The first-order valence-electron chi connectivity index (χ1n) is 11.7. The van der Waals surface area contributed by atoms with E-state index in [1.54, 1.807) is 41.2 Å². The molecule has 1 aliphatic rings. The normalized spacial score (nSPS) is 14.6. The quantitative estimate of drug-likeness (QED) is 0.506. The van der Waals surface area contributed by atoms with Gasteiger partial charge in [-0.1, -0.05) is 32.0 Å². The summed E-state index contributed by atoms with van der Waals surface area (Å²) in [4.78, 5) is 45.3. The van der Waals surface area contributed by atoms with Crippen molar-refractivity contribution >= 4 is 34.4 Å². The molecule has 0 saturated carbocycles. The van der Waals surface area contributed by atoms with Crippen LogP contribution in [0.1, 0.15) is 24.3 Å². The Balaban J connectivity index is 1.32. The van der Waals surface area contributed by atoms with Crippen LogP contribution in [0.5, 0.6) is 5.75 Å². The molecule has 0 unspecified atom stereocenters. The summed E-state index contributed by atoms with van der Waals surface area (Å²) in [5.74, 6) is 0.215. The van der Waals surface area contributed by atoms with Crippen molar-refractivity contribution in [3.8, 4) is 5.75 Å². The molecule has 1 aromatic heterocycles. The summed E-state index contributed by atoms with van der Waals surface area (Å²) in [6.07, 6.45) is 0. The number of aromatic amines is 1. The fraction of sp³-hybridized carbons (Fsp3) is 0.346. The van der Waals surface area contributed by atoms with E-state index in [1.165, 1.54) is 0 Å². The predicted octanol–water partition coefficient (Wildman–Crippen LogP) is 3.31. The third kappa shape index (κ3) is 5.56. The van der Waals surface area contributed by atoms with Crippen LogP contribution in [-0.2, 0) is 4.79 Å². The van der Waals surface area contributed by atoms with Crippen molar-refractivity contribution in [2.75, 3.05) is 38.6 Å². The number of carbonyl (C=O) groups excluding carboxylic acids is 3. The van der Waals surface area contributed by atoms with E-state index in [0.29, 0.717) is 43.3 Å². The number of nitrogens with one attached hydrogen (secondary N) is 3. The van der Waals surface area contributed by atoms with Gasteiger partial charge < -0.3 is 30.2 Å². The Labute approximate surface area is 204 Å². The van der Waals surface area contributed by atoms with Gasteiger partial charge in [0, 0.05) is 42.8 Å². The Hall–Kier alpha value is -4.01. The number of anilines is 1. The van der Waals surface area contributed by atoms with Crippen molar-refractivity contribution in [2.45, 2.75) is 19.9 Å². The van der Waals surface area contributed by atoms with Crippen LogP contribution in [0.25, 0.3) is 10.9 Å². The number of nitrogens with zero attached hydrogens (tertiary/aromatic N) is 2. The lowest BCUT2D eigenvalue weighted by Gasteiger charge is -2.35. The van der Waals surface area contributed by atoms with Gasteiger partial charge in [-0.2, -0.15) is 0 Å². The molecule has 2 heterocycles. The first kappa shape index (κ1) is 24.1. The summed E-state index contributed by atoms with van der Waals surface area (Å²) in [7, 11) is 1.58. The van der Waals surface area contributed by atoms with E-state index in [-0.39, 0.29) is 23.8 Å². The van der Waals surface area contributed by atoms with E-state index in [4.69, 9.17) is 4.74 Å². The van der Waals surface area contributed by atoms with E-state index < -0.39 is 6.04 Å². The average molecular weight is 478 g/mol. The molecule has 1 fully saturated rings. The highest BCUT2D eigenvalue weighted by atomic mass is 16.5. The van der Waals surface area contributed by atoms with Gasteiger partial charge in [-0.3, -0.25) is 9.59 Å². The summed E-state index contributed by atoms with van der Waals surface area (Å²) >= 11 is 0. The zero-order chi connectivity index (χ0) is 24.9. The summed E-state index contributed by atoms with van der Waals surface area (Å²) in [6.45, 7) is 5.40. The SMILES string of the molecule is COc1ccc(NC(=O)[C@@H](NC(=O)N2CCN(C(=O)c3cc4ccccc4[nH]3)CC2)C(C)C)cc1. The van der Waals surface area contributed by atoms with Crippen molar-refractivity contribution in [1.82, 2.24) is 20.1 Å². The van der Waals surface area contributed by atoms with Crippen LogP contribution in [0.15, 0.2) is 54.6 Å². The van der Waals surface area contributed by atoms with Crippen LogP contribution in [0.3, 0.4) is 0 Å². The number of hydrogen-bond acceptors (Lipinski definition) is 4. The van der Waals surface area contributed by atoms with Crippen LogP contribution in [0, 0.1) is 5.92 Å². The number of aromatic nitrogens is 1. The molecule has 4 rings (SSSR count). The number of benzene rings is 2. The Morgan fingerprint density at radius 2 is 1.60 bits per heavy atom. The van der Waals surface area contributed by atoms with E-state index >= 15 is 0 Å². The molecule has 0 bridgehead atoms. The minimum absolute atomic E-state index is 0.0832. The lowest BCUT2D eigenvalue weighted by molar-refractivity contribution is -0.118. The largest absolute Gasteiger partial charge is 0.497 e. The molecule has 3 aromatic rings.